The molecule has 1 aromatic heterocycles. The molecule has 0 aliphatic rings. The Morgan fingerprint density at radius 1 is 1.40 bits per heavy atom. The second-order valence-electron chi connectivity index (χ2n) is 3.31. The van der Waals surface area contributed by atoms with Crippen molar-refractivity contribution in [3.05, 3.63) is 36.0 Å². The van der Waals surface area contributed by atoms with Gasteiger partial charge in [-0.1, -0.05) is 13.0 Å². The van der Waals surface area contributed by atoms with Crippen molar-refractivity contribution in [2.75, 3.05) is 0 Å². The standard InChI is InChI=1S/C12H11NO2/c1-2-10(14)8-5-6-11(15)12-9(8)4-3-7-13-12/h3-7,15H,2H2,1H3. The molecule has 3 heteroatoms. The van der Waals surface area contributed by atoms with Crippen molar-refractivity contribution in [3.63, 3.8) is 0 Å². The smallest absolute Gasteiger partial charge is 0.163 e. The number of hydrogen-bond donors (Lipinski definition) is 1. The average Bonchev–Trinajstić information content (AvgIpc) is 2.29. The van der Waals surface area contributed by atoms with Crippen LogP contribution in [0.25, 0.3) is 10.9 Å². The van der Waals surface area contributed by atoms with E-state index < -0.39 is 0 Å². The summed E-state index contributed by atoms with van der Waals surface area (Å²) < 4.78 is 0. The fraction of sp³-hybridized carbons (Fsp3) is 0.167. The third-order valence-electron chi connectivity index (χ3n) is 2.37. The fourth-order valence-corrected chi connectivity index (χ4v) is 1.59. The summed E-state index contributed by atoms with van der Waals surface area (Å²) in [5.74, 6) is 0.172. The summed E-state index contributed by atoms with van der Waals surface area (Å²) in [6, 6.07) is 6.71. The van der Waals surface area contributed by atoms with E-state index in [0.29, 0.717) is 22.9 Å². The minimum atomic E-state index is 0.0630. The molecule has 0 fully saturated rings. The Morgan fingerprint density at radius 2 is 2.20 bits per heavy atom. The van der Waals surface area contributed by atoms with Crippen molar-refractivity contribution in [3.8, 4) is 5.75 Å². The first-order valence-electron chi connectivity index (χ1n) is 4.84. The predicted octanol–water partition coefficient (Wildman–Crippen LogP) is 2.53. The van der Waals surface area contributed by atoms with Crippen molar-refractivity contribution < 1.29 is 9.90 Å². The number of benzene rings is 1. The Morgan fingerprint density at radius 3 is 2.93 bits per heavy atom. The van der Waals surface area contributed by atoms with E-state index in [2.05, 4.69) is 4.98 Å². The molecule has 2 aromatic rings. The van der Waals surface area contributed by atoms with E-state index in [1.807, 2.05) is 6.92 Å². The third-order valence-corrected chi connectivity index (χ3v) is 2.37. The maximum Gasteiger partial charge on any atom is 0.163 e. The second-order valence-corrected chi connectivity index (χ2v) is 3.31. The molecule has 0 aliphatic heterocycles. The summed E-state index contributed by atoms with van der Waals surface area (Å²) in [4.78, 5) is 15.7. The van der Waals surface area contributed by atoms with Gasteiger partial charge in [-0.3, -0.25) is 9.78 Å². The number of aromatic nitrogens is 1. The Balaban J connectivity index is 2.77. The van der Waals surface area contributed by atoms with E-state index in [4.69, 9.17) is 0 Å². The van der Waals surface area contributed by atoms with E-state index in [0.717, 1.165) is 0 Å². The molecular weight excluding hydrogens is 190 g/mol. The van der Waals surface area contributed by atoms with Gasteiger partial charge in [-0.05, 0) is 18.2 Å². The summed E-state index contributed by atoms with van der Waals surface area (Å²) in [6.07, 6.45) is 2.05. The highest BCUT2D eigenvalue weighted by molar-refractivity contribution is 6.08. The molecule has 0 atom stereocenters. The molecule has 0 unspecified atom stereocenters. The number of aromatic hydroxyl groups is 1. The van der Waals surface area contributed by atoms with E-state index in [1.165, 1.54) is 6.07 Å². The van der Waals surface area contributed by atoms with Gasteiger partial charge in [-0.2, -0.15) is 0 Å². The van der Waals surface area contributed by atoms with Crippen LogP contribution in [0.15, 0.2) is 30.5 Å². The number of phenols is 1. The monoisotopic (exact) mass is 201 g/mol. The Labute approximate surface area is 87.4 Å². The lowest BCUT2D eigenvalue weighted by Gasteiger charge is -2.04. The first-order chi connectivity index (χ1) is 7.24. The number of rotatable bonds is 2. The predicted molar refractivity (Wildman–Crippen MR) is 58.0 cm³/mol. The first kappa shape index (κ1) is 9.65. The van der Waals surface area contributed by atoms with Crippen LogP contribution in [0.2, 0.25) is 0 Å². The average molecular weight is 201 g/mol. The van der Waals surface area contributed by atoms with Crippen LogP contribution in [0.3, 0.4) is 0 Å². The summed E-state index contributed by atoms with van der Waals surface area (Å²) in [7, 11) is 0. The molecule has 76 valence electrons. The zero-order chi connectivity index (χ0) is 10.8. The van der Waals surface area contributed by atoms with Crippen LogP contribution in [-0.4, -0.2) is 15.9 Å². The van der Waals surface area contributed by atoms with Gasteiger partial charge in [0.15, 0.2) is 5.78 Å². The maximum absolute atomic E-state index is 11.6. The van der Waals surface area contributed by atoms with Gasteiger partial charge >= 0.3 is 0 Å². The number of carbonyl (C=O) groups is 1. The molecule has 2 rings (SSSR count). The molecule has 0 radical (unpaired) electrons. The Kier molecular flexibility index (Phi) is 2.37. The van der Waals surface area contributed by atoms with Gasteiger partial charge in [0.05, 0.1) is 0 Å². The molecule has 1 N–H and O–H groups in total. The number of phenolic OH excluding ortho intramolecular Hbond substituents is 1. The van der Waals surface area contributed by atoms with Crippen LogP contribution in [-0.2, 0) is 0 Å². The van der Waals surface area contributed by atoms with Crippen LogP contribution < -0.4 is 0 Å². The highest BCUT2D eigenvalue weighted by atomic mass is 16.3. The number of ketones is 1. The zero-order valence-electron chi connectivity index (χ0n) is 8.40. The largest absolute Gasteiger partial charge is 0.506 e. The summed E-state index contributed by atoms with van der Waals surface area (Å²) in [5, 5.41) is 10.3. The van der Waals surface area contributed by atoms with Gasteiger partial charge in [-0.15, -0.1) is 0 Å². The number of Topliss-reactive ketones (excluding diaryl/α,β-unsaturated/α-hetero) is 1. The molecule has 1 aromatic carbocycles. The SMILES string of the molecule is CCC(=O)c1ccc(O)c2ncccc12. The van der Waals surface area contributed by atoms with Gasteiger partial charge in [0.2, 0.25) is 0 Å². The van der Waals surface area contributed by atoms with E-state index in [9.17, 15) is 9.90 Å². The lowest BCUT2D eigenvalue weighted by molar-refractivity contribution is 0.0990. The van der Waals surface area contributed by atoms with Crippen LogP contribution in [0.1, 0.15) is 23.7 Å². The molecule has 1 heterocycles. The minimum absolute atomic E-state index is 0.0630. The number of nitrogens with zero attached hydrogens (tertiary/aromatic N) is 1. The molecule has 0 saturated carbocycles. The number of pyridine rings is 1. The zero-order valence-corrected chi connectivity index (χ0v) is 8.40. The summed E-state index contributed by atoms with van der Waals surface area (Å²) >= 11 is 0. The lowest BCUT2D eigenvalue weighted by atomic mass is 10.0. The molecule has 15 heavy (non-hydrogen) atoms. The third kappa shape index (κ3) is 1.56. The fourth-order valence-electron chi connectivity index (χ4n) is 1.59. The summed E-state index contributed by atoms with van der Waals surface area (Å²) in [5.41, 5.74) is 1.11. The number of fused-ring (bicyclic) bond motifs is 1. The molecular formula is C12H11NO2. The highest BCUT2D eigenvalue weighted by Crippen LogP contribution is 2.25. The summed E-state index contributed by atoms with van der Waals surface area (Å²) in [6.45, 7) is 1.82. The van der Waals surface area contributed by atoms with Gasteiger partial charge in [0.25, 0.3) is 0 Å². The van der Waals surface area contributed by atoms with Crippen LogP contribution in [0.4, 0.5) is 0 Å². The van der Waals surface area contributed by atoms with Crippen molar-refractivity contribution in [1.82, 2.24) is 4.98 Å². The highest BCUT2D eigenvalue weighted by Gasteiger charge is 2.10. The minimum Gasteiger partial charge on any atom is -0.506 e. The van der Waals surface area contributed by atoms with Crippen molar-refractivity contribution >= 4 is 16.7 Å². The van der Waals surface area contributed by atoms with Gasteiger partial charge in [-0.25, -0.2) is 0 Å². The van der Waals surface area contributed by atoms with Crippen LogP contribution in [0, 0.1) is 0 Å². The molecule has 3 nitrogen and oxygen atoms in total. The lowest BCUT2D eigenvalue weighted by Crippen LogP contribution is -1.98. The van der Waals surface area contributed by atoms with Crippen LogP contribution >= 0.6 is 0 Å². The molecule has 0 amide bonds. The van der Waals surface area contributed by atoms with E-state index >= 15 is 0 Å². The van der Waals surface area contributed by atoms with Gasteiger partial charge < -0.3 is 5.11 Å². The normalized spacial score (nSPS) is 10.5. The Bertz CT molecular complexity index is 520. The topological polar surface area (TPSA) is 50.2 Å². The molecule has 0 saturated heterocycles. The second kappa shape index (κ2) is 3.69. The van der Waals surface area contributed by atoms with E-state index in [-0.39, 0.29) is 11.5 Å². The Hall–Kier alpha value is -1.90. The quantitative estimate of drug-likeness (QED) is 0.759. The van der Waals surface area contributed by atoms with Gasteiger partial charge in [0, 0.05) is 23.6 Å². The van der Waals surface area contributed by atoms with E-state index in [1.54, 1.807) is 24.4 Å². The molecule has 0 spiro atoms. The van der Waals surface area contributed by atoms with Gasteiger partial charge in [0.1, 0.15) is 11.3 Å². The van der Waals surface area contributed by atoms with Crippen molar-refractivity contribution in [2.24, 2.45) is 0 Å². The first-order valence-corrected chi connectivity index (χ1v) is 4.84. The molecule has 0 aliphatic carbocycles. The molecule has 0 bridgehead atoms. The maximum atomic E-state index is 11.6. The van der Waals surface area contributed by atoms with Crippen molar-refractivity contribution in [1.29, 1.82) is 0 Å². The number of carbonyl (C=O) groups excluding carboxylic acids is 1. The van der Waals surface area contributed by atoms with Crippen molar-refractivity contribution in [2.45, 2.75) is 13.3 Å². The van der Waals surface area contributed by atoms with Crippen LogP contribution in [0.5, 0.6) is 5.75 Å². The number of hydrogen-bond acceptors (Lipinski definition) is 3.